The Kier molecular flexibility index (Phi) is 7.86. The maximum absolute atomic E-state index is 12.5. The second-order valence-electron chi connectivity index (χ2n) is 7.99. The Balaban J connectivity index is 1.54. The molecular weight excluding hydrogens is 430 g/mol. The summed E-state index contributed by atoms with van der Waals surface area (Å²) in [6.07, 6.45) is -0.616. The van der Waals surface area contributed by atoms with E-state index in [0.717, 1.165) is 25.2 Å². The number of ether oxygens (including phenoxy) is 2. The zero-order chi connectivity index (χ0) is 23.3. The molecule has 0 saturated carbocycles. The van der Waals surface area contributed by atoms with Gasteiger partial charge in [0, 0.05) is 25.3 Å². The van der Waals surface area contributed by atoms with Gasteiger partial charge in [-0.05, 0) is 56.7 Å². The second kappa shape index (κ2) is 10.6. The number of carbonyl (C=O) groups excluding carboxylic acids is 2. The van der Waals surface area contributed by atoms with Gasteiger partial charge in [-0.1, -0.05) is 23.7 Å². The second-order valence-corrected chi connectivity index (χ2v) is 8.40. The number of benzene rings is 2. The molecule has 7 nitrogen and oxygen atoms in total. The van der Waals surface area contributed by atoms with E-state index in [-0.39, 0.29) is 17.2 Å². The number of hydrogen-bond donors (Lipinski definition) is 1. The smallest absolute Gasteiger partial charge is 0.338 e. The van der Waals surface area contributed by atoms with Crippen molar-refractivity contribution in [1.82, 2.24) is 4.90 Å². The third-order valence-corrected chi connectivity index (χ3v) is 5.41. The normalized spacial score (nSPS) is 19.6. The van der Waals surface area contributed by atoms with Gasteiger partial charge < -0.3 is 14.8 Å². The number of morpholine rings is 1. The lowest BCUT2D eigenvalue weighted by atomic mass is 10.1. The average molecular weight is 456 g/mol. The predicted molar refractivity (Wildman–Crippen MR) is 121 cm³/mol. The van der Waals surface area contributed by atoms with Crippen LogP contribution in [0.15, 0.2) is 42.5 Å². The fourth-order valence-electron chi connectivity index (χ4n) is 3.63. The maximum Gasteiger partial charge on any atom is 0.338 e. The first-order valence-corrected chi connectivity index (χ1v) is 10.8. The van der Waals surface area contributed by atoms with Gasteiger partial charge in [0.05, 0.1) is 28.4 Å². The number of rotatable bonds is 6. The number of hydrogen-bond acceptors (Lipinski definition) is 6. The van der Waals surface area contributed by atoms with Crippen molar-refractivity contribution in [3.05, 3.63) is 64.2 Å². The Labute approximate surface area is 192 Å². The number of nitrogens with zero attached hydrogens (tertiary/aromatic N) is 2. The van der Waals surface area contributed by atoms with Crippen LogP contribution in [-0.2, 0) is 20.8 Å². The quantitative estimate of drug-likeness (QED) is 0.662. The van der Waals surface area contributed by atoms with Crippen LogP contribution in [-0.4, -0.2) is 48.2 Å². The van der Waals surface area contributed by atoms with Crippen LogP contribution in [0.3, 0.4) is 0 Å². The Bertz CT molecular complexity index is 1010. The predicted octanol–water partition coefficient (Wildman–Crippen LogP) is 4.00. The molecule has 32 heavy (non-hydrogen) atoms. The van der Waals surface area contributed by atoms with E-state index in [1.165, 1.54) is 19.1 Å². The van der Waals surface area contributed by atoms with Gasteiger partial charge >= 0.3 is 5.97 Å². The van der Waals surface area contributed by atoms with Crippen LogP contribution in [0.4, 0.5) is 5.69 Å². The van der Waals surface area contributed by atoms with Gasteiger partial charge in [0.25, 0.3) is 5.91 Å². The molecule has 1 N–H and O–H groups in total. The molecule has 0 aromatic heterocycles. The molecule has 0 bridgehead atoms. The summed E-state index contributed by atoms with van der Waals surface area (Å²) in [5.41, 5.74) is 2.19. The summed E-state index contributed by atoms with van der Waals surface area (Å²) < 4.78 is 11.1. The van der Waals surface area contributed by atoms with Crippen LogP contribution >= 0.6 is 11.6 Å². The van der Waals surface area contributed by atoms with Gasteiger partial charge in [-0.15, -0.1) is 0 Å². The fourth-order valence-corrected chi connectivity index (χ4v) is 3.85. The standard InChI is InChI=1S/C24H26ClN3O4/c1-15-12-28(13-16(2)31-15)14-18-4-6-19(7-5-18)24(30)32-17(3)23(29)27-21-9-8-20(11-26)22(25)10-21/h4-10,15-17H,12-14H2,1-3H3,(H,27,29). The van der Waals surface area contributed by atoms with Crippen LogP contribution in [0.5, 0.6) is 0 Å². The summed E-state index contributed by atoms with van der Waals surface area (Å²) in [4.78, 5) is 27.1. The van der Waals surface area contributed by atoms with E-state index in [0.29, 0.717) is 16.8 Å². The molecule has 3 unspecified atom stereocenters. The van der Waals surface area contributed by atoms with Gasteiger partial charge in [-0.3, -0.25) is 9.69 Å². The largest absolute Gasteiger partial charge is 0.449 e. The molecule has 1 aliphatic rings. The first-order chi connectivity index (χ1) is 15.2. The van der Waals surface area contributed by atoms with Crippen LogP contribution in [0, 0.1) is 11.3 Å². The number of nitrogens with one attached hydrogen (secondary N) is 1. The maximum atomic E-state index is 12.5. The van der Waals surface area contributed by atoms with Crippen LogP contribution in [0.1, 0.15) is 42.3 Å². The van der Waals surface area contributed by atoms with Crippen molar-refractivity contribution in [2.75, 3.05) is 18.4 Å². The SMILES string of the molecule is CC1CN(Cc2ccc(C(=O)OC(C)C(=O)Nc3ccc(C#N)c(Cl)c3)cc2)CC(C)O1. The molecule has 168 valence electrons. The lowest BCUT2D eigenvalue weighted by Gasteiger charge is -2.35. The topological polar surface area (TPSA) is 91.7 Å². The molecular formula is C24H26ClN3O4. The number of halogens is 1. The van der Waals surface area contributed by atoms with Gasteiger partial charge in [-0.2, -0.15) is 5.26 Å². The molecule has 0 spiro atoms. The molecule has 1 aliphatic heterocycles. The Morgan fingerprint density at radius 2 is 1.88 bits per heavy atom. The minimum atomic E-state index is -1.01. The average Bonchev–Trinajstić information content (AvgIpc) is 2.73. The zero-order valence-corrected chi connectivity index (χ0v) is 19.1. The van der Waals surface area contributed by atoms with Crippen molar-refractivity contribution in [3.63, 3.8) is 0 Å². The Morgan fingerprint density at radius 1 is 1.22 bits per heavy atom. The number of nitriles is 1. The van der Waals surface area contributed by atoms with Crippen molar-refractivity contribution < 1.29 is 19.1 Å². The van der Waals surface area contributed by atoms with E-state index in [2.05, 4.69) is 24.1 Å². The molecule has 0 aliphatic carbocycles. The number of esters is 1. The van der Waals surface area contributed by atoms with Gasteiger partial charge in [0.1, 0.15) is 6.07 Å². The highest BCUT2D eigenvalue weighted by molar-refractivity contribution is 6.32. The minimum absolute atomic E-state index is 0.195. The lowest BCUT2D eigenvalue weighted by molar-refractivity contribution is -0.123. The summed E-state index contributed by atoms with van der Waals surface area (Å²) in [6.45, 7) is 8.13. The van der Waals surface area contributed by atoms with Gasteiger partial charge in [0.15, 0.2) is 6.10 Å². The molecule has 8 heteroatoms. The van der Waals surface area contributed by atoms with E-state index in [1.807, 2.05) is 18.2 Å². The van der Waals surface area contributed by atoms with Crippen LogP contribution in [0.2, 0.25) is 5.02 Å². The molecule has 1 amide bonds. The van der Waals surface area contributed by atoms with E-state index in [4.69, 9.17) is 26.3 Å². The highest BCUT2D eigenvalue weighted by atomic mass is 35.5. The summed E-state index contributed by atoms with van der Waals surface area (Å²) in [6, 6.07) is 13.7. The molecule has 2 aromatic rings. The van der Waals surface area contributed by atoms with Gasteiger partial charge in [-0.25, -0.2) is 4.79 Å². The van der Waals surface area contributed by atoms with E-state index in [1.54, 1.807) is 18.2 Å². The minimum Gasteiger partial charge on any atom is -0.449 e. The Morgan fingerprint density at radius 3 is 2.47 bits per heavy atom. The summed E-state index contributed by atoms with van der Waals surface area (Å²) >= 11 is 5.98. The van der Waals surface area contributed by atoms with Crippen LogP contribution in [0.25, 0.3) is 0 Å². The highest BCUT2D eigenvalue weighted by Crippen LogP contribution is 2.21. The highest BCUT2D eigenvalue weighted by Gasteiger charge is 2.23. The molecule has 1 saturated heterocycles. The fraction of sp³-hybridized carbons (Fsp3) is 0.375. The first-order valence-electron chi connectivity index (χ1n) is 10.4. The summed E-state index contributed by atoms with van der Waals surface area (Å²) in [7, 11) is 0. The van der Waals surface area contributed by atoms with Crippen molar-refractivity contribution in [2.24, 2.45) is 0 Å². The van der Waals surface area contributed by atoms with Crippen LogP contribution < -0.4 is 5.32 Å². The number of carbonyl (C=O) groups is 2. The molecule has 2 aromatic carbocycles. The Hall–Kier alpha value is -2.92. The third-order valence-electron chi connectivity index (χ3n) is 5.10. The molecule has 3 atom stereocenters. The third kappa shape index (κ3) is 6.30. The van der Waals surface area contributed by atoms with E-state index >= 15 is 0 Å². The first kappa shape index (κ1) is 23.7. The van der Waals surface area contributed by atoms with Crippen molar-refractivity contribution in [2.45, 2.75) is 45.6 Å². The van der Waals surface area contributed by atoms with E-state index < -0.39 is 18.0 Å². The number of anilines is 1. The number of amides is 1. The molecule has 3 rings (SSSR count). The van der Waals surface area contributed by atoms with Crippen molar-refractivity contribution in [1.29, 1.82) is 5.26 Å². The monoisotopic (exact) mass is 455 g/mol. The van der Waals surface area contributed by atoms with E-state index in [9.17, 15) is 9.59 Å². The summed E-state index contributed by atoms with van der Waals surface area (Å²) in [5, 5.41) is 11.8. The molecule has 1 fully saturated rings. The molecule has 1 heterocycles. The van der Waals surface area contributed by atoms with Crippen molar-refractivity contribution >= 4 is 29.2 Å². The summed E-state index contributed by atoms with van der Waals surface area (Å²) in [5.74, 6) is -1.07. The lowest BCUT2D eigenvalue weighted by Crippen LogP contribution is -2.44. The van der Waals surface area contributed by atoms with Crippen molar-refractivity contribution in [3.8, 4) is 6.07 Å². The van der Waals surface area contributed by atoms with Gasteiger partial charge in [0.2, 0.25) is 0 Å². The zero-order valence-electron chi connectivity index (χ0n) is 18.3. The molecule has 0 radical (unpaired) electrons.